The van der Waals surface area contributed by atoms with Crippen LogP contribution in [0.4, 0.5) is 8.78 Å². The van der Waals surface area contributed by atoms with E-state index in [0.717, 1.165) is 5.56 Å². The van der Waals surface area contributed by atoms with E-state index in [4.69, 9.17) is 26.2 Å². The summed E-state index contributed by atoms with van der Waals surface area (Å²) in [7, 11) is 0. The number of rotatable bonds is 6. The molecule has 1 saturated carbocycles. The molecule has 0 aromatic heterocycles. The van der Waals surface area contributed by atoms with Crippen molar-refractivity contribution < 1.29 is 28.2 Å². The minimum atomic E-state index is -0.905. The van der Waals surface area contributed by atoms with Crippen LogP contribution in [0.25, 0.3) is 0 Å². The Bertz CT molecular complexity index is 968. The predicted molar refractivity (Wildman–Crippen MR) is 138 cm³/mol. The van der Waals surface area contributed by atoms with Crippen molar-refractivity contribution in [2.24, 2.45) is 5.92 Å². The maximum Gasteiger partial charge on any atom is 0.303 e. The van der Waals surface area contributed by atoms with Gasteiger partial charge in [-0.15, -0.1) is 0 Å². The second kappa shape index (κ2) is 13.7. The maximum atomic E-state index is 14.5. The molecule has 0 bridgehead atoms. The van der Waals surface area contributed by atoms with E-state index in [2.05, 4.69) is 0 Å². The smallest absolute Gasteiger partial charge is 0.303 e. The van der Waals surface area contributed by atoms with Gasteiger partial charge < -0.3 is 14.6 Å². The van der Waals surface area contributed by atoms with Gasteiger partial charge in [0, 0.05) is 23.4 Å². The van der Waals surface area contributed by atoms with E-state index in [1.54, 1.807) is 6.07 Å². The summed E-state index contributed by atoms with van der Waals surface area (Å²) in [5.41, 5.74) is 1.66. The number of benzene rings is 2. The third-order valence-corrected chi connectivity index (χ3v) is 5.60. The molecule has 2 aliphatic rings. The quantitative estimate of drug-likeness (QED) is 0.421. The largest absolute Gasteiger partial charge is 0.487 e. The van der Waals surface area contributed by atoms with E-state index in [1.165, 1.54) is 12.1 Å². The molecule has 2 unspecified atom stereocenters. The highest BCUT2D eigenvalue weighted by Gasteiger charge is 2.40. The molecule has 0 spiro atoms. The number of carboxylic acid groups (broad SMARTS) is 1. The summed E-state index contributed by atoms with van der Waals surface area (Å²) in [5, 5.41) is 9.36. The van der Waals surface area contributed by atoms with Crippen LogP contribution in [0.2, 0.25) is 5.02 Å². The fourth-order valence-corrected chi connectivity index (χ4v) is 4.30. The first-order valence-corrected chi connectivity index (χ1v) is 12.8. The summed E-state index contributed by atoms with van der Waals surface area (Å²) in [6, 6.07) is 5.96. The Kier molecular flexibility index (Phi) is 12.0. The van der Waals surface area contributed by atoms with Crippen molar-refractivity contribution in [1.29, 1.82) is 0 Å². The van der Waals surface area contributed by atoms with Gasteiger partial charge in [0.25, 0.3) is 0 Å². The van der Waals surface area contributed by atoms with E-state index < -0.39 is 23.4 Å². The van der Waals surface area contributed by atoms with Gasteiger partial charge in [0.05, 0.1) is 0 Å². The molecule has 0 amide bonds. The van der Waals surface area contributed by atoms with Crippen LogP contribution in [0.1, 0.15) is 90.8 Å². The molecule has 2 atom stereocenters. The molecule has 4 rings (SSSR count). The third kappa shape index (κ3) is 8.09. The highest BCUT2D eigenvalue weighted by Crippen LogP contribution is 2.50. The van der Waals surface area contributed by atoms with Crippen molar-refractivity contribution in [2.45, 2.75) is 92.8 Å². The van der Waals surface area contributed by atoms with Crippen LogP contribution >= 0.6 is 11.6 Å². The van der Waals surface area contributed by atoms with Gasteiger partial charge in [0.1, 0.15) is 18.0 Å². The normalized spacial score (nSPS) is 18.3. The molecule has 2 aromatic carbocycles. The van der Waals surface area contributed by atoms with E-state index in [9.17, 15) is 13.6 Å². The summed E-state index contributed by atoms with van der Waals surface area (Å²) in [6.45, 7) is 15.8. The first kappa shape index (κ1) is 30.7. The Morgan fingerprint density at radius 2 is 1.66 bits per heavy atom. The van der Waals surface area contributed by atoms with Crippen molar-refractivity contribution in [1.82, 2.24) is 0 Å². The van der Waals surface area contributed by atoms with Crippen LogP contribution < -0.4 is 9.47 Å². The Labute approximate surface area is 213 Å². The Hall–Kier alpha value is -2.34. The number of carbonyl (C=O) groups is 1. The van der Waals surface area contributed by atoms with E-state index in [-0.39, 0.29) is 30.5 Å². The highest BCUT2D eigenvalue weighted by atomic mass is 35.5. The van der Waals surface area contributed by atoms with Crippen molar-refractivity contribution in [3.63, 3.8) is 0 Å². The molecule has 7 heteroatoms. The number of hydrogen-bond donors (Lipinski definition) is 1. The monoisotopic (exact) mass is 512 g/mol. The fraction of sp³-hybridized carbons (Fsp3) is 0.536. The van der Waals surface area contributed by atoms with Gasteiger partial charge >= 0.3 is 5.97 Å². The van der Waals surface area contributed by atoms with Gasteiger partial charge in [-0.1, -0.05) is 53.1 Å². The summed E-state index contributed by atoms with van der Waals surface area (Å²) in [4.78, 5) is 10.8. The molecule has 35 heavy (non-hydrogen) atoms. The lowest BCUT2D eigenvalue weighted by Crippen LogP contribution is -2.25. The zero-order valence-electron chi connectivity index (χ0n) is 22.1. The van der Waals surface area contributed by atoms with Crippen molar-refractivity contribution in [2.75, 3.05) is 0 Å². The Morgan fingerprint density at radius 3 is 2.20 bits per heavy atom. The summed E-state index contributed by atoms with van der Waals surface area (Å²) in [6.07, 6.45) is 1.31. The SMILES string of the molecule is CC.CC.CC.CC1(C)Cc2cc(Cl)cc(COc3c(F)cc(C4CC4CC(=O)O)cc3F)c2O1. The lowest BCUT2D eigenvalue weighted by atomic mass is 10.0. The van der Waals surface area contributed by atoms with E-state index >= 15 is 0 Å². The predicted octanol–water partition coefficient (Wildman–Crippen LogP) is 8.57. The standard InChI is InChI=1S/C22H21ClF2O4.3C2H6/c1-22(2)9-13-3-15(23)4-14(20(13)29-22)10-28-21-17(24)6-12(7-18(21)25)16-5-11(16)8-19(26)27;3*1-2/h3-4,6-7,11,16H,5,8-10H2,1-2H3,(H,26,27);3*1-2H3. The number of hydrogen-bond acceptors (Lipinski definition) is 3. The molecule has 0 saturated heterocycles. The van der Waals surface area contributed by atoms with Gasteiger partial charge in [-0.3, -0.25) is 4.79 Å². The van der Waals surface area contributed by atoms with Gasteiger partial charge in [0.2, 0.25) is 0 Å². The molecule has 4 nitrogen and oxygen atoms in total. The van der Waals surface area contributed by atoms with E-state index in [0.29, 0.717) is 34.7 Å². The van der Waals surface area contributed by atoms with Crippen LogP contribution in [0.15, 0.2) is 24.3 Å². The zero-order chi connectivity index (χ0) is 26.9. The van der Waals surface area contributed by atoms with Crippen LogP contribution in [0.3, 0.4) is 0 Å². The number of carboxylic acids is 1. The first-order valence-electron chi connectivity index (χ1n) is 12.5. The van der Waals surface area contributed by atoms with Crippen LogP contribution in [0, 0.1) is 17.6 Å². The highest BCUT2D eigenvalue weighted by molar-refractivity contribution is 6.30. The molecule has 2 aromatic rings. The van der Waals surface area contributed by atoms with Gasteiger partial charge in [-0.2, -0.15) is 0 Å². The van der Waals surface area contributed by atoms with Gasteiger partial charge in [-0.25, -0.2) is 8.78 Å². The summed E-state index contributed by atoms with van der Waals surface area (Å²) in [5.74, 6) is -2.54. The van der Waals surface area contributed by atoms with Crippen molar-refractivity contribution >= 4 is 17.6 Å². The average molecular weight is 513 g/mol. The topological polar surface area (TPSA) is 55.8 Å². The lowest BCUT2D eigenvalue weighted by Gasteiger charge is -2.18. The molecular weight excluding hydrogens is 474 g/mol. The molecule has 1 aliphatic heterocycles. The number of halogens is 3. The summed E-state index contributed by atoms with van der Waals surface area (Å²) < 4.78 is 40.5. The van der Waals surface area contributed by atoms with Crippen LogP contribution in [-0.2, 0) is 17.8 Å². The van der Waals surface area contributed by atoms with Crippen LogP contribution in [-0.4, -0.2) is 16.7 Å². The zero-order valence-corrected chi connectivity index (χ0v) is 22.9. The molecule has 1 heterocycles. The molecular formula is C28H39ClF2O4. The van der Waals surface area contributed by atoms with Gasteiger partial charge in [0.15, 0.2) is 17.4 Å². The first-order chi connectivity index (χ1) is 16.6. The molecule has 196 valence electrons. The summed E-state index contributed by atoms with van der Waals surface area (Å²) >= 11 is 6.18. The van der Waals surface area contributed by atoms with Crippen LogP contribution in [0.5, 0.6) is 11.5 Å². The third-order valence-electron chi connectivity index (χ3n) is 5.38. The molecule has 1 N–H and O–H groups in total. The average Bonchev–Trinajstić information content (AvgIpc) is 3.49. The number of ether oxygens (including phenoxy) is 2. The van der Waals surface area contributed by atoms with Crippen molar-refractivity contribution in [3.8, 4) is 11.5 Å². The second-order valence-corrected chi connectivity index (χ2v) is 8.83. The molecule has 0 radical (unpaired) electrons. The number of aliphatic carboxylic acids is 1. The number of fused-ring (bicyclic) bond motifs is 1. The van der Waals surface area contributed by atoms with E-state index in [1.807, 2.05) is 61.5 Å². The molecule has 1 fully saturated rings. The lowest BCUT2D eigenvalue weighted by molar-refractivity contribution is -0.137. The minimum absolute atomic E-state index is 0.00236. The second-order valence-electron chi connectivity index (χ2n) is 8.39. The Morgan fingerprint density at radius 1 is 1.09 bits per heavy atom. The van der Waals surface area contributed by atoms with Gasteiger partial charge in [-0.05, 0) is 67.5 Å². The maximum absolute atomic E-state index is 14.5. The van der Waals surface area contributed by atoms with Crippen molar-refractivity contribution in [3.05, 3.63) is 57.6 Å². The fourth-order valence-electron chi connectivity index (χ4n) is 4.04. The Balaban J connectivity index is 0.000000949. The molecule has 1 aliphatic carbocycles. The minimum Gasteiger partial charge on any atom is -0.487 e.